The number of hydrogen-bond donors (Lipinski definition) is 1. The van der Waals surface area contributed by atoms with Crippen molar-refractivity contribution in [2.45, 2.75) is 5.92 Å². The molecule has 1 unspecified atom stereocenters. The number of nitrogens with zero attached hydrogens (tertiary/aromatic N) is 2. The van der Waals surface area contributed by atoms with Gasteiger partial charge in [0.1, 0.15) is 5.82 Å². The topological polar surface area (TPSA) is 46.0 Å². The monoisotopic (exact) mass is 294 g/mol. The summed E-state index contributed by atoms with van der Waals surface area (Å²) in [5.41, 5.74) is 3.58. The van der Waals surface area contributed by atoms with Crippen molar-refractivity contribution >= 4 is 0 Å². The van der Waals surface area contributed by atoms with Crippen LogP contribution in [0.15, 0.2) is 67.1 Å². The first-order valence-electron chi connectivity index (χ1n) is 7.00. The molecule has 0 aliphatic rings. The molecule has 2 heterocycles. The third kappa shape index (κ3) is 3.02. The highest BCUT2D eigenvalue weighted by Crippen LogP contribution is 2.25. The van der Waals surface area contributed by atoms with E-state index in [1.807, 2.05) is 24.3 Å². The van der Waals surface area contributed by atoms with Gasteiger partial charge in [0.15, 0.2) is 0 Å². The van der Waals surface area contributed by atoms with E-state index in [-0.39, 0.29) is 18.3 Å². The minimum atomic E-state index is -0.258. The van der Waals surface area contributed by atoms with Gasteiger partial charge in [-0.25, -0.2) is 4.39 Å². The van der Waals surface area contributed by atoms with Crippen molar-refractivity contribution in [1.82, 2.24) is 9.97 Å². The molecule has 0 amide bonds. The van der Waals surface area contributed by atoms with Crippen LogP contribution in [0, 0.1) is 5.82 Å². The Labute approximate surface area is 128 Å². The van der Waals surface area contributed by atoms with Gasteiger partial charge < -0.3 is 5.11 Å². The molecule has 2 aromatic heterocycles. The van der Waals surface area contributed by atoms with Crippen molar-refractivity contribution in [2.24, 2.45) is 0 Å². The Morgan fingerprint density at radius 1 is 0.909 bits per heavy atom. The van der Waals surface area contributed by atoms with Crippen LogP contribution in [0.25, 0.3) is 11.1 Å². The molecule has 1 atom stereocenters. The van der Waals surface area contributed by atoms with Crippen LogP contribution in [-0.2, 0) is 0 Å². The van der Waals surface area contributed by atoms with Crippen LogP contribution in [0.3, 0.4) is 0 Å². The van der Waals surface area contributed by atoms with Gasteiger partial charge in [0.05, 0.1) is 12.3 Å². The van der Waals surface area contributed by atoms with E-state index in [1.54, 1.807) is 30.7 Å². The van der Waals surface area contributed by atoms with Crippen LogP contribution < -0.4 is 0 Å². The zero-order valence-corrected chi connectivity index (χ0v) is 11.9. The van der Waals surface area contributed by atoms with Gasteiger partial charge in [-0.1, -0.05) is 18.2 Å². The summed E-state index contributed by atoms with van der Waals surface area (Å²) >= 11 is 0. The lowest BCUT2D eigenvalue weighted by atomic mass is 9.96. The van der Waals surface area contributed by atoms with Crippen molar-refractivity contribution in [1.29, 1.82) is 0 Å². The van der Waals surface area contributed by atoms with E-state index in [0.29, 0.717) is 0 Å². The second-order valence-electron chi connectivity index (χ2n) is 4.99. The van der Waals surface area contributed by atoms with Crippen LogP contribution in [-0.4, -0.2) is 21.7 Å². The maximum atomic E-state index is 13.0. The number of aliphatic hydroxyl groups excluding tert-OH is 1. The van der Waals surface area contributed by atoms with Gasteiger partial charge in [-0.15, -0.1) is 0 Å². The van der Waals surface area contributed by atoms with Gasteiger partial charge in [-0.3, -0.25) is 9.97 Å². The highest BCUT2D eigenvalue weighted by Gasteiger charge is 2.14. The quantitative estimate of drug-likeness (QED) is 0.802. The molecule has 0 aliphatic heterocycles. The number of aromatic nitrogens is 2. The Morgan fingerprint density at radius 2 is 1.59 bits per heavy atom. The number of halogens is 1. The summed E-state index contributed by atoms with van der Waals surface area (Å²) in [5.74, 6) is -0.434. The second kappa shape index (κ2) is 6.45. The molecule has 0 fully saturated rings. The number of pyridine rings is 2. The summed E-state index contributed by atoms with van der Waals surface area (Å²) in [5, 5.41) is 9.65. The molecule has 0 saturated heterocycles. The predicted molar refractivity (Wildman–Crippen MR) is 82.8 cm³/mol. The molecule has 3 aromatic rings. The summed E-state index contributed by atoms with van der Waals surface area (Å²) in [7, 11) is 0. The molecule has 3 nitrogen and oxygen atoms in total. The molecule has 0 aliphatic carbocycles. The van der Waals surface area contributed by atoms with Gasteiger partial charge >= 0.3 is 0 Å². The van der Waals surface area contributed by atoms with Crippen molar-refractivity contribution in [3.8, 4) is 11.1 Å². The van der Waals surface area contributed by atoms with Crippen molar-refractivity contribution in [3.05, 3.63) is 84.2 Å². The molecule has 0 spiro atoms. The average Bonchev–Trinajstić information content (AvgIpc) is 2.58. The smallest absolute Gasteiger partial charge is 0.123 e. The summed E-state index contributed by atoms with van der Waals surface area (Å²) in [6.07, 6.45) is 5.14. The molecule has 22 heavy (non-hydrogen) atoms. The minimum absolute atomic E-state index is 0.0209. The maximum absolute atomic E-state index is 13.0. The summed E-state index contributed by atoms with van der Waals surface area (Å²) < 4.78 is 13.0. The van der Waals surface area contributed by atoms with Crippen LogP contribution >= 0.6 is 0 Å². The lowest BCUT2D eigenvalue weighted by Gasteiger charge is -2.14. The third-order valence-corrected chi connectivity index (χ3v) is 3.61. The number of benzene rings is 1. The van der Waals surface area contributed by atoms with Crippen LogP contribution in [0.5, 0.6) is 0 Å². The fourth-order valence-corrected chi connectivity index (χ4v) is 2.39. The zero-order chi connectivity index (χ0) is 15.4. The molecule has 0 radical (unpaired) electrons. The van der Waals surface area contributed by atoms with E-state index in [0.717, 1.165) is 22.4 Å². The Kier molecular flexibility index (Phi) is 4.21. The second-order valence-corrected chi connectivity index (χ2v) is 4.99. The normalized spacial score (nSPS) is 12.1. The SMILES string of the molecule is OCC(c1ccncc1)c1ccc(-c2ccc(F)cc2)cn1. The van der Waals surface area contributed by atoms with E-state index >= 15 is 0 Å². The van der Waals surface area contributed by atoms with Crippen molar-refractivity contribution in [2.75, 3.05) is 6.61 Å². The van der Waals surface area contributed by atoms with E-state index in [2.05, 4.69) is 9.97 Å². The van der Waals surface area contributed by atoms with Gasteiger partial charge in [-0.05, 0) is 41.5 Å². The molecule has 4 heteroatoms. The van der Waals surface area contributed by atoms with Gasteiger partial charge in [0.2, 0.25) is 0 Å². The summed E-state index contributed by atoms with van der Waals surface area (Å²) in [6, 6.07) is 13.9. The fraction of sp³-hybridized carbons (Fsp3) is 0.111. The van der Waals surface area contributed by atoms with Gasteiger partial charge in [0.25, 0.3) is 0 Å². The fourth-order valence-electron chi connectivity index (χ4n) is 2.39. The molecule has 3 rings (SSSR count). The molecule has 1 N–H and O–H groups in total. The highest BCUT2D eigenvalue weighted by atomic mass is 19.1. The maximum Gasteiger partial charge on any atom is 0.123 e. The lowest BCUT2D eigenvalue weighted by molar-refractivity contribution is 0.278. The summed E-state index contributed by atoms with van der Waals surface area (Å²) in [4.78, 5) is 8.43. The first-order chi connectivity index (χ1) is 10.8. The van der Waals surface area contributed by atoms with E-state index in [9.17, 15) is 9.50 Å². The molecule has 1 aromatic carbocycles. The first-order valence-corrected chi connectivity index (χ1v) is 7.00. The Bertz CT molecular complexity index is 727. The van der Waals surface area contributed by atoms with E-state index in [4.69, 9.17) is 0 Å². The number of hydrogen-bond acceptors (Lipinski definition) is 3. The third-order valence-electron chi connectivity index (χ3n) is 3.61. The lowest BCUT2D eigenvalue weighted by Crippen LogP contribution is -2.08. The Hall–Kier alpha value is -2.59. The Morgan fingerprint density at radius 3 is 2.18 bits per heavy atom. The van der Waals surface area contributed by atoms with E-state index < -0.39 is 0 Å². The molecular weight excluding hydrogens is 279 g/mol. The van der Waals surface area contributed by atoms with Gasteiger partial charge in [-0.2, -0.15) is 0 Å². The molecule has 0 bridgehead atoms. The number of rotatable bonds is 4. The molecule has 110 valence electrons. The summed E-state index contributed by atoms with van der Waals surface area (Å²) in [6.45, 7) is -0.0209. The standard InChI is InChI=1S/C18H15FN2O/c19-16-4-1-13(2-5-16)15-3-6-18(21-11-15)17(12-22)14-7-9-20-10-8-14/h1-11,17,22H,12H2. The van der Waals surface area contributed by atoms with Crippen molar-refractivity contribution < 1.29 is 9.50 Å². The molecule has 0 saturated carbocycles. The number of aliphatic hydroxyl groups is 1. The predicted octanol–water partition coefficient (Wildman–Crippen LogP) is 3.41. The average molecular weight is 294 g/mol. The van der Waals surface area contributed by atoms with Crippen LogP contribution in [0.2, 0.25) is 0 Å². The highest BCUT2D eigenvalue weighted by molar-refractivity contribution is 5.62. The minimum Gasteiger partial charge on any atom is -0.395 e. The van der Waals surface area contributed by atoms with Crippen molar-refractivity contribution in [3.63, 3.8) is 0 Å². The molecular formula is C18H15FN2O. The first kappa shape index (κ1) is 14.4. The Balaban J connectivity index is 1.88. The largest absolute Gasteiger partial charge is 0.395 e. The zero-order valence-electron chi connectivity index (χ0n) is 11.9. The van der Waals surface area contributed by atoms with Gasteiger partial charge in [0, 0.05) is 30.1 Å². The van der Waals surface area contributed by atoms with Crippen LogP contribution in [0.4, 0.5) is 4.39 Å². The van der Waals surface area contributed by atoms with Crippen LogP contribution in [0.1, 0.15) is 17.2 Å². The van der Waals surface area contributed by atoms with E-state index in [1.165, 1.54) is 12.1 Å².